The molecule has 4 heterocycles. The third kappa shape index (κ3) is 4.99. The molecule has 11 heteroatoms. The molecule has 1 unspecified atom stereocenters. The second-order valence-electron chi connectivity index (χ2n) is 8.39. The van der Waals surface area contributed by atoms with Crippen LogP contribution in [0.3, 0.4) is 0 Å². The van der Waals surface area contributed by atoms with Gasteiger partial charge < -0.3 is 24.9 Å². The number of quaternary nitrogens is 1. The molecule has 2 amide bonds. The van der Waals surface area contributed by atoms with Crippen molar-refractivity contribution in [2.45, 2.75) is 25.4 Å². The molecule has 3 N–H and O–H groups in total. The summed E-state index contributed by atoms with van der Waals surface area (Å²) < 4.78 is 11.2. The van der Waals surface area contributed by atoms with Crippen molar-refractivity contribution in [2.24, 2.45) is 0 Å². The van der Waals surface area contributed by atoms with Crippen molar-refractivity contribution in [3.8, 4) is 11.5 Å². The van der Waals surface area contributed by atoms with Gasteiger partial charge in [0.1, 0.15) is 18.9 Å². The van der Waals surface area contributed by atoms with Crippen LogP contribution in [-0.2, 0) is 6.54 Å². The lowest BCUT2D eigenvalue weighted by molar-refractivity contribution is -0.817. The number of halogens is 1. The van der Waals surface area contributed by atoms with Gasteiger partial charge >= 0.3 is 6.03 Å². The van der Waals surface area contributed by atoms with Gasteiger partial charge in [-0.2, -0.15) is 5.43 Å². The van der Waals surface area contributed by atoms with E-state index in [1.165, 1.54) is 0 Å². The predicted molar refractivity (Wildman–Crippen MR) is 123 cm³/mol. The summed E-state index contributed by atoms with van der Waals surface area (Å²) in [6.45, 7) is 4.89. The summed E-state index contributed by atoms with van der Waals surface area (Å²) in [4.78, 5) is 20.8. The maximum absolute atomic E-state index is 12.4. The molecule has 3 aliphatic heterocycles. The Balaban J connectivity index is 1.10. The molecular weight excluding hydrogens is 448 g/mol. The van der Waals surface area contributed by atoms with Gasteiger partial charge in [-0.15, -0.1) is 0 Å². The van der Waals surface area contributed by atoms with E-state index < -0.39 is 6.03 Å². The molecule has 1 fully saturated rings. The Kier molecular flexibility index (Phi) is 6.52. The minimum Gasteiger partial charge on any atom is -0.603 e. The number of fused-ring (bicyclic) bond motifs is 2. The van der Waals surface area contributed by atoms with Crippen molar-refractivity contribution < 1.29 is 19.4 Å². The van der Waals surface area contributed by atoms with Crippen LogP contribution in [0.1, 0.15) is 18.5 Å². The number of pyridine rings is 1. The first kappa shape index (κ1) is 22.2. The number of benzene rings is 1. The summed E-state index contributed by atoms with van der Waals surface area (Å²) >= 11 is 6.11. The minimum atomic E-state index is -0.404. The smallest absolute Gasteiger partial charge is 0.366 e. The second-order valence-corrected chi connectivity index (χ2v) is 8.82. The topological polar surface area (TPSA) is 106 Å². The monoisotopic (exact) mass is 474 g/mol. The van der Waals surface area contributed by atoms with Gasteiger partial charge in [-0.25, -0.2) is 9.97 Å². The van der Waals surface area contributed by atoms with E-state index in [4.69, 9.17) is 21.1 Å². The van der Waals surface area contributed by atoms with E-state index in [0.717, 1.165) is 43.9 Å². The molecule has 176 valence electrons. The van der Waals surface area contributed by atoms with E-state index in [1.54, 1.807) is 29.3 Å². The lowest BCUT2D eigenvalue weighted by Crippen LogP contribution is -3.12. The van der Waals surface area contributed by atoms with Gasteiger partial charge in [0.25, 0.3) is 0 Å². The van der Waals surface area contributed by atoms with Gasteiger partial charge in [0.15, 0.2) is 17.2 Å². The van der Waals surface area contributed by atoms with Crippen molar-refractivity contribution in [3.05, 3.63) is 46.4 Å². The first-order chi connectivity index (χ1) is 16.1. The first-order valence-corrected chi connectivity index (χ1v) is 11.6. The molecule has 33 heavy (non-hydrogen) atoms. The number of carbonyl (C=O) groups is 1. The number of hydrogen-bond acceptors (Lipinski definition) is 7. The highest BCUT2D eigenvalue weighted by atomic mass is 35.5. The Morgan fingerprint density at radius 1 is 1.18 bits per heavy atom. The third-order valence-corrected chi connectivity index (χ3v) is 6.48. The molecule has 0 spiro atoms. The quantitative estimate of drug-likeness (QED) is 0.540. The molecule has 1 saturated heterocycles. The van der Waals surface area contributed by atoms with E-state index in [-0.39, 0.29) is 5.17 Å². The molecule has 0 radical (unpaired) electrons. The Bertz CT molecular complexity index is 1020. The zero-order valence-corrected chi connectivity index (χ0v) is 18.9. The number of nitrogens with zero attached hydrogens (tertiary/aromatic N) is 3. The first-order valence-electron chi connectivity index (χ1n) is 11.2. The standard InChI is InChI=1S/C22H27ClN6O4/c23-15-1-2-18-19(11-15)28(22(30)26-29(18)31)8-7-27-5-3-16(4-6-27)24-13-17-12-20-21(14-25-17)33-10-9-32-20/h1-2,11-12,14,16,24,29H,3-10,13H2,(H,26,30). The zero-order chi connectivity index (χ0) is 22.8. The Labute approximate surface area is 196 Å². The number of piperidine rings is 1. The van der Waals surface area contributed by atoms with E-state index in [9.17, 15) is 10.0 Å². The van der Waals surface area contributed by atoms with Gasteiger partial charge in [-0.3, -0.25) is 9.88 Å². The SMILES string of the molecule is O=C1N[NH+]([O-])c2ccc(Cl)cc2N1CCN1CCC(NCc2cc3c(cn2)OCCO3)CC1. The fourth-order valence-electron chi connectivity index (χ4n) is 4.42. The number of hydrogen-bond donors (Lipinski definition) is 3. The van der Waals surface area contributed by atoms with Crippen LogP contribution in [0.25, 0.3) is 0 Å². The van der Waals surface area contributed by atoms with E-state index in [0.29, 0.717) is 54.5 Å². The number of carbonyl (C=O) groups excluding carboxylic acids is 1. The highest BCUT2D eigenvalue weighted by Gasteiger charge is 2.30. The number of amides is 2. The maximum atomic E-state index is 12.4. The lowest BCUT2D eigenvalue weighted by Gasteiger charge is -2.37. The number of likely N-dealkylation sites (tertiary alicyclic amines) is 1. The Morgan fingerprint density at radius 3 is 2.79 bits per heavy atom. The van der Waals surface area contributed by atoms with E-state index >= 15 is 0 Å². The zero-order valence-electron chi connectivity index (χ0n) is 18.2. The molecule has 1 atom stereocenters. The lowest BCUT2D eigenvalue weighted by atomic mass is 10.0. The van der Waals surface area contributed by atoms with Crippen molar-refractivity contribution >= 4 is 29.0 Å². The summed E-state index contributed by atoms with van der Waals surface area (Å²) in [5.41, 5.74) is 4.38. The number of urea groups is 1. The average Bonchev–Trinajstić information content (AvgIpc) is 2.83. The van der Waals surface area contributed by atoms with Gasteiger partial charge in [0, 0.05) is 42.8 Å². The number of rotatable bonds is 6. The molecule has 0 saturated carbocycles. The van der Waals surface area contributed by atoms with Crippen LogP contribution in [0.5, 0.6) is 11.5 Å². The Hall–Kier alpha value is -2.63. The number of aromatic nitrogens is 1. The van der Waals surface area contributed by atoms with Gasteiger partial charge in [0.2, 0.25) is 0 Å². The minimum absolute atomic E-state index is 0.387. The fraction of sp³-hybridized carbons (Fsp3) is 0.455. The van der Waals surface area contributed by atoms with Crippen LogP contribution in [-0.4, -0.2) is 61.3 Å². The molecule has 0 bridgehead atoms. The summed E-state index contributed by atoms with van der Waals surface area (Å²) in [6.07, 6.45) is 3.75. The molecule has 1 aromatic carbocycles. The fourth-order valence-corrected chi connectivity index (χ4v) is 4.59. The molecule has 5 rings (SSSR count). The normalized spacial score (nSPS) is 21.0. The summed E-state index contributed by atoms with van der Waals surface area (Å²) in [5.74, 6) is 1.46. The van der Waals surface area contributed by atoms with E-state index in [1.807, 2.05) is 6.07 Å². The number of nitrogens with one attached hydrogen (secondary N) is 3. The predicted octanol–water partition coefficient (Wildman–Crippen LogP) is 1.22. The maximum Gasteiger partial charge on any atom is 0.366 e. The molecule has 10 nitrogen and oxygen atoms in total. The average molecular weight is 475 g/mol. The van der Waals surface area contributed by atoms with Gasteiger partial charge in [-0.1, -0.05) is 11.6 Å². The van der Waals surface area contributed by atoms with Crippen LogP contribution in [0.15, 0.2) is 30.5 Å². The van der Waals surface area contributed by atoms with Crippen LogP contribution in [0.4, 0.5) is 16.2 Å². The summed E-state index contributed by atoms with van der Waals surface area (Å²) in [6, 6.07) is 6.93. The van der Waals surface area contributed by atoms with Crippen LogP contribution < -0.4 is 30.3 Å². The third-order valence-electron chi connectivity index (χ3n) is 6.25. The van der Waals surface area contributed by atoms with Crippen LogP contribution in [0, 0.1) is 5.21 Å². The van der Waals surface area contributed by atoms with Gasteiger partial charge in [0.05, 0.1) is 11.9 Å². The highest BCUT2D eigenvalue weighted by molar-refractivity contribution is 6.31. The van der Waals surface area contributed by atoms with Crippen LogP contribution >= 0.6 is 11.6 Å². The molecular formula is C22H27ClN6O4. The van der Waals surface area contributed by atoms with Crippen molar-refractivity contribution in [2.75, 3.05) is 44.3 Å². The van der Waals surface area contributed by atoms with Crippen molar-refractivity contribution in [1.82, 2.24) is 20.6 Å². The van der Waals surface area contributed by atoms with Crippen LogP contribution in [0.2, 0.25) is 5.02 Å². The molecule has 0 aliphatic carbocycles. The van der Waals surface area contributed by atoms with Crippen molar-refractivity contribution in [3.63, 3.8) is 0 Å². The highest BCUT2D eigenvalue weighted by Crippen LogP contribution is 2.30. The second kappa shape index (κ2) is 9.70. The Morgan fingerprint density at radius 2 is 1.97 bits per heavy atom. The number of ether oxygens (including phenoxy) is 2. The van der Waals surface area contributed by atoms with E-state index in [2.05, 4.69) is 20.6 Å². The van der Waals surface area contributed by atoms with Crippen molar-refractivity contribution in [1.29, 1.82) is 0 Å². The summed E-state index contributed by atoms with van der Waals surface area (Å²) in [5, 5.41) is 15.8. The molecule has 3 aliphatic rings. The molecule has 1 aromatic heterocycles. The van der Waals surface area contributed by atoms with Gasteiger partial charge in [-0.05, 0) is 38.1 Å². The largest absolute Gasteiger partial charge is 0.603 e. The molecule has 2 aromatic rings. The number of anilines is 1. The summed E-state index contributed by atoms with van der Waals surface area (Å²) in [7, 11) is 0.